The number of ether oxygens (including phenoxy) is 4. The molecule has 0 aliphatic rings. The lowest BCUT2D eigenvalue weighted by atomic mass is 10.1. The van der Waals surface area contributed by atoms with E-state index in [4.69, 9.17) is 24.7 Å². The Bertz CT molecular complexity index is 787. The van der Waals surface area contributed by atoms with Gasteiger partial charge >= 0.3 is 12.3 Å². The molecule has 0 unspecified atom stereocenters. The summed E-state index contributed by atoms with van der Waals surface area (Å²) in [4.78, 5) is 27.7. The van der Waals surface area contributed by atoms with Gasteiger partial charge in [0, 0.05) is 17.0 Å². The lowest BCUT2D eigenvalue weighted by Gasteiger charge is -2.13. The molecule has 0 fully saturated rings. The molecule has 1 aromatic carbocycles. The molecule has 2 aromatic rings. The van der Waals surface area contributed by atoms with E-state index < -0.39 is 12.3 Å². The van der Waals surface area contributed by atoms with Gasteiger partial charge in [0.1, 0.15) is 11.5 Å². The number of hydrogen-bond donors (Lipinski definition) is 1. The van der Waals surface area contributed by atoms with Crippen LogP contribution in [0.15, 0.2) is 23.6 Å². The fourth-order valence-electron chi connectivity index (χ4n) is 1.89. The average molecular weight is 380 g/mol. The van der Waals surface area contributed by atoms with Crippen LogP contribution in [0.25, 0.3) is 11.3 Å². The van der Waals surface area contributed by atoms with E-state index in [9.17, 15) is 9.59 Å². The third-order valence-electron chi connectivity index (χ3n) is 2.81. The molecule has 140 valence electrons. The van der Waals surface area contributed by atoms with E-state index in [0.717, 1.165) is 0 Å². The van der Waals surface area contributed by atoms with Crippen LogP contribution in [0, 0.1) is 0 Å². The number of thiazole rings is 1. The van der Waals surface area contributed by atoms with Gasteiger partial charge in [-0.15, -0.1) is 11.3 Å². The molecule has 26 heavy (non-hydrogen) atoms. The molecule has 0 aliphatic carbocycles. The van der Waals surface area contributed by atoms with Gasteiger partial charge in [0.25, 0.3) is 0 Å². The van der Waals surface area contributed by atoms with Crippen LogP contribution in [0.1, 0.15) is 27.7 Å². The minimum Gasteiger partial charge on any atom is -0.431 e. The highest BCUT2D eigenvalue weighted by molar-refractivity contribution is 7.13. The van der Waals surface area contributed by atoms with Crippen LogP contribution < -0.4 is 15.2 Å². The summed E-state index contributed by atoms with van der Waals surface area (Å²) in [5.74, 6) is 0.269. The van der Waals surface area contributed by atoms with Crippen LogP contribution in [-0.2, 0) is 9.47 Å². The maximum atomic E-state index is 11.9. The fourth-order valence-corrected chi connectivity index (χ4v) is 2.46. The van der Waals surface area contributed by atoms with Crippen LogP contribution in [0.5, 0.6) is 11.5 Å². The molecule has 8 nitrogen and oxygen atoms in total. The van der Waals surface area contributed by atoms with E-state index in [2.05, 4.69) is 4.98 Å². The Morgan fingerprint density at radius 3 is 2.19 bits per heavy atom. The minimum absolute atomic E-state index is 0.121. The van der Waals surface area contributed by atoms with E-state index >= 15 is 0 Å². The van der Waals surface area contributed by atoms with E-state index in [1.54, 1.807) is 39.1 Å². The normalized spacial score (nSPS) is 10.7. The number of hydrogen-bond acceptors (Lipinski definition) is 9. The Kier molecular flexibility index (Phi) is 6.40. The summed E-state index contributed by atoms with van der Waals surface area (Å²) in [6.07, 6.45) is -2.41. The molecule has 2 rings (SSSR count). The van der Waals surface area contributed by atoms with Gasteiger partial charge in [-0.2, -0.15) is 0 Å². The summed E-state index contributed by atoms with van der Waals surface area (Å²) >= 11 is 1.25. The van der Waals surface area contributed by atoms with Crippen molar-refractivity contribution in [3.8, 4) is 22.8 Å². The van der Waals surface area contributed by atoms with Crippen molar-refractivity contribution < 1.29 is 28.5 Å². The topological polar surface area (TPSA) is 110 Å². The second-order valence-corrected chi connectivity index (χ2v) is 6.66. The Morgan fingerprint density at radius 1 is 1.04 bits per heavy atom. The standard InChI is InChI=1S/C17H20N2O6S/c1-9(2)22-16(20)24-11-5-6-12(13-8-26-15(18)19-13)14(7-11)25-17(21)23-10(3)4/h5-10H,1-4H3,(H2,18,19). The summed E-state index contributed by atoms with van der Waals surface area (Å²) in [7, 11) is 0. The first-order valence-corrected chi connectivity index (χ1v) is 8.75. The largest absolute Gasteiger partial charge is 0.514 e. The quantitative estimate of drug-likeness (QED) is 0.606. The predicted octanol–water partition coefficient (Wildman–Crippen LogP) is 4.24. The van der Waals surface area contributed by atoms with Crippen molar-refractivity contribution in [2.24, 2.45) is 0 Å². The zero-order valence-electron chi connectivity index (χ0n) is 14.8. The van der Waals surface area contributed by atoms with Crippen molar-refractivity contribution >= 4 is 28.8 Å². The zero-order chi connectivity index (χ0) is 19.3. The Balaban J connectivity index is 2.30. The van der Waals surface area contributed by atoms with Crippen molar-refractivity contribution in [3.63, 3.8) is 0 Å². The van der Waals surface area contributed by atoms with E-state index in [0.29, 0.717) is 16.4 Å². The maximum Gasteiger partial charge on any atom is 0.514 e. The third kappa shape index (κ3) is 5.62. The first-order valence-electron chi connectivity index (χ1n) is 7.87. The summed E-state index contributed by atoms with van der Waals surface area (Å²) in [5.41, 5.74) is 6.69. The smallest absolute Gasteiger partial charge is 0.431 e. The van der Waals surface area contributed by atoms with Gasteiger partial charge in [0.2, 0.25) is 0 Å². The molecular formula is C17H20N2O6S. The summed E-state index contributed by atoms with van der Waals surface area (Å²) in [5, 5.41) is 2.09. The highest BCUT2D eigenvalue weighted by Crippen LogP contribution is 2.35. The first-order chi connectivity index (χ1) is 12.2. The monoisotopic (exact) mass is 380 g/mol. The van der Waals surface area contributed by atoms with Crippen LogP contribution >= 0.6 is 11.3 Å². The van der Waals surface area contributed by atoms with E-state index in [1.807, 2.05) is 0 Å². The Labute approximate surface area is 154 Å². The van der Waals surface area contributed by atoms with Crippen LogP contribution in [0.2, 0.25) is 0 Å². The van der Waals surface area contributed by atoms with Crippen LogP contribution in [0.3, 0.4) is 0 Å². The van der Waals surface area contributed by atoms with Crippen molar-refractivity contribution in [2.75, 3.05) is 5.73 Å². The summed E-state index contributed by atoms with van der Waals surface area (Å²) in [6, 6.07) is 4.52. The number of benzene rings is 1. The fraction of sp³-hybridized carbons (Fsp3) is 0.353. The minimum atomic E-state index is -0.883. The number of nitrogens with zero attached hydrogens (tertiary/aromatic N) is 1. The van der Waals surface area contributed by atoms with Gasteiger partial charge in [-0.25, -0.2) is 14.6 Å². The van der Waals surface area contributed by atoms with Crippen molar-refractivity contribution in [2.45, 2.75) is 39.9 Å². The highest BCUT2D eigenvalue weighted by atomic mass is 32.1. The van der Waals surface area contributed by atoms with Gasteiger partial charge < -0.3 is 24.7 Å². The lowest BCUT2D eigenvalue weighted by molar-refractivity contribution is 0.0721. The highest BCUT2D eigenvalue weighted by Gasteiger charge is 2.18. The molecule has 0 amide bonds. The molecule has 2 N–H and O–H groups in total. The van der Waals surface area contributed by atoms with Gasteiger partial charge in [-0.1, -0.05) is 0 Å². The lowest BCUT2D eigenvalue weighted by Crippen LogP contribution is -2.17. The Morgan fingerprint density at radius 2 is 1.65 bits per heavy atom. The molecular weight excluding hydrogens is 360 g/mol. The van der Waals surface area contributed by atoms with Crippen LogP contribution in [-0.4, -0.2) is 29.5 Å². The molecule has 0 aliphatic heterocycles. The van der Waals surface area contributed by atoms with Crippen molar-refractivity contribution in [1.82, 2.24) is 4.98 Å². The van der Waals surface area contributed by atoms with Crippen molar-refractivity contribution in [3.05, 3.63) is 23.6 Å². The molecule has 0 spiro atoms. The van der Waals surface area contributed by atoms with Crippen LogP contribution in [0.4, 0.5) is 14.7 Å². The molecule has 0 radical (unpaired) electrons. The zero-order valence-corrected chi connectivity index (χ0v) is 15.7. The molecule has 1 heterocycles. The molecule has 1 aromatic heterocycles. The second kappa shape index (κ2) is 8.52. The van der Waals surface area contributed by atoms with E-state index in [-0.39, 0.29) is 23.7 Å². The number of carbonyl (C=O) groups is 2. The molecule has 0 atom stereocenters. The number of nitrogen functional groups attached to an aromatic ring is 1. The average Bonchev–Trinajstić information content (AvgIpc) is 2.92. The number of anilines is 1. The Hall–Kier alpha value is -2.81. The molecule has 0 saturated heterocycles. The summed E-state index contributed by atoms with van der Waals surface area (Å²) < 4.78 is 20.3. The predicted molar refractivity (Wildman–Crippen MR) is 96.5 cm³/mol. The SMILES string of the molecule is CC(C)OC(=O)Oc1ccc(-c2csc(N)n2)c(OC(=O)OC(C)C)c1. The van der Waals surface area contributed by atoms with Gasteiger partial charge in [-0.3, -0.25) is 0 Å². The molecule has 0 saturated carbocycles. The number of aromatic nitrogens is 1. The van der Waals surface area contributed by atoms with E-state index in [1.165, 1.54) is 23.5 Å². The summed E-state index contributed by atoms with van der Waals surface area (Å²) in [6.45, 7) is 6.80. The van der Waals surface area contributed by atoms with Gasteiger partial charge in [0.05, 0.1) is 17.9 Å². The second-order valence-electron chi connectivity index (χ2n) is 5.77. The third-order valence-corrected chi connectivity index (χ3v) is 3.48. The molecule has 0 bridgehead atoms. The number of nitrogens with two attached hydrogens (primary N) is 1. The van der Waals surface area contributed by atoms with Gasteiger partial charge in [0.15, 0.2) is 5.13 Å². The number of rotatable bonds is 5. The molecule has 9 heteroatoms. The first kappa shape index (κ1) is 19.5. The van der Waals surface area contributed by atoms with Gasteiger partial charge in [-0.05, 0) is 39.8 Å². The van der Waals surface area contributed by atoms with Crippen molar-refractivity contribution in [1.29, 1.82) is 0 Å². The maximum absolute atomic E-state index is 11.9. The number of carbonyl (C=O) groups excluding carboxylic acids is 2.